The van der Waals surface area contributed by atoms with Gasteiger partial charge < -0.3 is 40.3 Å². The summed E-state index contributed by atoms with van der Waals surface area (Å²) in [6.07, 6.45) is 16.7. The number of allylic oxidation sites excluding steroid dienone is 2. The second-order valence-corrected chi connectivity index (χ2v) is 12.0. The molecule has 0 aromatic rings. The first kappa shape index (κ1) is 39.0. The van der Waals surface area contributed by atoms with E-state index in [1.54, 1.807) is 0 Å². The van der Waals surface area contributed by atoms with Crippen LogP contribution in [0.5, 0.6) is 0 Å². The molecule has 0 aliphatic carbocycles. The molecule has 0 saturated carbocycles. The number of unbranched alkanes of at least 4 members (excludes halogenated alkanes) is 14. The topological polar surface area (TPSA) is 149 Å². The SMILES string of the molecule is CCCCC/C=C\CCCCCCCC(=O)NC(COC1OC(CO)C(O)C(O)C1O)C(O)CCCCCCCCC. The Morgan fingerprint density at radius 1 is 0.786 bits per heavy atom. The Hall–Kier alpha value is -1.07. The van der Waals surface area contributed by atoms with Crippen LogP contribution in [0.2, 0.25) is 0 Å². The van der Waals surface area contributed by atoms with Crippen LogP contribution in [0.4, 0.5) is 0 Å². The van der Waals surface area contributed by atoms with Gasteiger partial charge in [-0.05, 0) is 38.5 Å². The molecule has 1 heterocycles. The monoisotopic (exact) mass is 601 g/mol. The molecule has 1 aliphatic rings. The molecule has 9 nitrogen and oxygen atoms in total. The summed E-state index contributed by atoms with van der Waals surface area (Å²) in [5.41, 5.74) is 0. The highest BCUT2D eigenvalue weighted by molar-refractivity contribution is 5.76. The third kappa shape index (κ3) is 17.3. The van der Waals surface area contributed by atoms with E-state index in [1.807, 2.05) is 0 Å². The first-order chi connectivity index (χ1) is 20.3. The van der Waals surface area contributed by atoms with Gasteiger partial charge in [0.25, 0.3) is 0 Å². The van der Waals surface area contributed by atoms with Crippen LogP contribution in [0.25, 0.3) is 0 Å². The standard InChI is InChI=1S/C33H63NO8/c1-3-5-7-9-11-12-13-14-15-17-19-21-23-29(37)34-26(27(36)22-20-18-16-10-8-6-4-2)25-41-33-32(40)31(39)30(38)28(24-35)42-33/h11-12,26-28,30-33,35-36,38-40H,3-10,13-25H2,1-2H3,(H,34,37)/b12-11-. The van der Waals surface area contributed by atoms with Crippen LogP contribution in [0, 0.1) is 0 Å². The fourth-order valence-corrected chi connectivity index (χ4v) is 5.27. The van der Waals surface area contributed by atoms with Crippen LogP contribution < -0.4 is 5.32 Å². The number of carbonyl (C=O) groups excluding carboxylic acids is 1. The van der Waals surface area contributed by atoms with Crippen molar-refractivity contribution in [2.24, 2.45) is 0 Å². The van der Waals surface area contributed by atoms with Crippen LogP contribution in [0.15, 0.2) is 12.2 Å². The van der Waals surface area contributed by atoms with E-state index >= 15 is 0 Å². The van der Waals surface area contributed by atoms with Crippen molar-refractivity contribution < 1.29 is 39.8 Å². The summed E-state index contributed by atoms with van der Waals surface area (Å²) >= 11 is 0. The van der Waals surface area contributed by atoms with Crippen molar-refractivity contribution in [3.63, 3.8) is 0 Å². The van der Waals surface area contributed by atoms with Crippen molar-refractivity contribution in [3.8, 4) is 0 Å². The van der Waals surface area contributed by atoms with Gasteiger partial charge in [0.15, 0.2) is 6.29 Å². The highest BCUT2D eigenvalue weighted by Gasteiger charge is 2.44. The summed E-state index contributed by atoms with van der Waals surface area (Å²) in [5, 5.41) is 53.6. The zero-order chi connectivity index (χ0) is 31.0. The Bertz CT molecular complexity index is 676. The van der Waals surface area contributed by atoms with Crippen LogP contribution in [0.1, 0.15) is 136 Å². The predicted molar refractivity (Wildman–Crippen MR) is 166 cm³/mol. The van der Waals surface area contributed by atoms with Gasteiger partial charge in [-0.15, -0.1) is 0 Å². The molecule has 7 atom stereocenters. The molecule has 1 amide bonds. The summed E-state index contributed by atoms with van der Waals surface area (Å²) in [6, 6.07) is -0.714. The Morgan fingerprint density at radius 3 is 1.98 bits per heavy atom. The van der Waals surface area contributed by atoms with Gasteiger partial charge in [0.1, 0.15) is 24.4 Å². The van der Waals surface area contributed by atoms with E-state index in [4.69, 9.17) is 9.47 Å². The van der Waals surface area contributed by atoms with Crippen molar-refractivity contribution >= 4 is 5.91 Å². The van der Waals surface area contributed by atoms with Crippen LogP contribution in [0.3, 0.4) is 0 Å². The van der Waals surface area contributed by atoms with Crippen molar-refractivity contribution in [3.05, 3.63) is 12.2 Å². The molecule has 0 spiro atoms. The normalized spacial score (nSPS) is 24.2. The third-order valence-electron chi connectivity index (χ3n) is 8.12. The Kier molecular flexibility index (Phi) is 23.4. The van der Waals surface area contributed by atoms with Gasteiger partial charge in [-0.1, -0.05) is 103 Å². The van der Waals surface area contributed by atoms with Crippen LogP contribution in [-0.4, -0.2) is 87.5 Å². The average molecular weight is 602 g/mol. The highest BCUT2D eigenvalue weighted by Crippen LogP contribution is 2.22. The zero-order valence-electron chi connectivity index (χ0n) is 26.5. The number of amides is 1. The van der Waals surface area contributed by atoms with E-state index in [-0.39, 0.29) is 12.5 Å². The fourth-order valence-electron chi connectivity index (χ4n) is 5.27. The quantitative estimate of drug-likeness (QED) is 0.0620. The molecule has 0 aromatic carbocycles. The van der Waals surface area contributed by atoms with E-state index in [2.05, 4.69) is 31.3 Å². The molecular weight excluding hydrogens is 538 g/mol. The maximum absolute atomic E-state index is 12.8. The van der Waals surface area contributed by atoms with Gasteiger partial charge >= 0.3 is 0 Å². The minimum Gasteiger partial charge on any atom is -0.394 e. The lowest BCUT2D eigenvalue weighted by Crippen LogP contribution is -2.60. The molecule has 6 N–H and O–H groups in total. The van der Waals surface area contributed by atoms with Gasteiger partial charge in [0.05, 0.1) is 25.4 Å². The van der Waals surface area contributed by atoms with Crippen LogP contribution >= 0.6 is 0 Å². The zero-order valence-corrected chi connectivity index (χ0v) is 26.5. The van der Waals surface area contributed by atoms with Crippen molar-refractivity contribution in [2.75, 3.05) is 13.2 Å². The molecule has 1 fully saturated rings. The summed E-state index contributed by atoms with van der Waals surface area (Å²) in [5.74, 6) is -0.161. The van der Waals surface area contributed by atoms with Gasteiger partial charge in [0.2, 0.25) is 5.91 Å². The molecule has 1 rings (SSSR count). The minimum atomic E-state index is -1.55. The van der Waals surface area contributed by atoms with Crippen molar-refractivity contribution in [2.45, 2.75) is 179 Å². The Labute approximate surface area is 255 Å². The Morgan fingerprint density at radius 2 is 1.33 bits per heavy atom. The van der Waals surface area contributed by atoms with Crippen molar-refractivity contribution in [1.82, 2.24) is 5.32 Å². The predicted octanol–water partition coefficient (Wildman–Crippen LogP) is 4.66. The van der Waals surface area contributed by atoms with Crippen LogP contribution in [-0.2, 0) is 14.3 Å². The maximum Gasteiger partial charge on any atom is 0.220 e. The average Bonchev–Trinajstić information content (AvgIpc) is 2.98. The molecule has 1 aliphatic heterocycles. The summed E-state index contributed by atoms with van der Waals surface area (Å²) in [4.78, 5) is 12.8. The smallest absolute Gasteiger partial charge is 0.220 e. The van der Waals surface area contributed by atoms with E-state index < -0.39 is 49.5 Å². The van der Waals surface area contributed by atoms with E-state index in [1.165, 1.54) is 57.8 Å². The highest BCUT2D eigenvalue weighted by atomic mass is 16.7. The number of hydrogen-bond acceptors (Lipinski definition) is 8. The number of aliphatic hydroxyl groups excluding tert-OH is 5. The van der Waals surface area contributed by atoms with Gasteiger partial charge in [0, 0.05) is 6.42 Å². The number of aliphatic hydroxyl groups is 5. The second-order valence-electron chi connectivity index (χ2n) is 12.0. The third-order valence-corrected chi connectivity index (χ3v) is 8.12. The molecule has 0 bridgehead atoms. The molecule has 9 heteroatoms. The molecule has 42 heavy (non-hydrogen) atoms. The number of rotatable bonds is 26. The molecule has 0 radical (unpaired) electrons. The molecular formula is C33H63NO8. The summed E-state index contributed by atoms with van der Waals surface area (Å²) in [7, 11) is 0. The lowest BCUT2D eigenvalue weighted by Gasteiger charge is -2.40. The number of nitrogens with one attached hydrogen (secondary N) is 1. The van der Waals surface area contributed by atoms with Gasteiger partial charge in [-0.2, -0.15) is 0 Å². The fraction of sp³-hybridized carbons (Fsp3) is 0.909. The first-order valence-electron chi connectivity index (χ1n) is 16.9. The van der Waals surface area contributed by atoms with E-state index in [9.17, 15) is 30.3 Å². The van der Waals surface area contributed by atoms with E-state index in [0.29, 0.717) is 12.8 Å². The lowest BCUT2D eigenvalue weighted by atomic mass is 9.99. The molecule has 0 aromatic heterocycles. The van der Waals surface area contributed by atoms with E-state index in [0.717, 1.165) is 51.4 Å². The molecule has 248 valence electrons. The lowest BCUT2D eigenvalue weighted by molar-refractivity contribution is -0.302. The summed E-state index contributed by atoms with van der Waals surface area (Å²) in [6.45, 7) is 3.71. The maximum atomic E-state index is 12.8. The minimum absolute atomic E-state index is 0.141. The number of carbonyl (C=O) groups is 1. The number of ether oxygens (including phenoxy) is 2. The molecule has 7 unspecified atom stereocenters. The van der Waals surface area contributed by atoms with Gasteiger partial charge in [-0.3, -0.25) is 4.79 Å². The first-order valence-corrected chi connectivity index (χ1v) is 16.9. The second kappa shape index (κ2) is 25.3. The molecule has 1 saturated heterocycles. The van der Waals surface area contributed by atoms with Gasteiger partial charge in [-0.25, -0.2) is 0 Å². The number of hydrogen-bond donors (Lipinski definition) is 6. The Balaban J connectivity index is 2.47. The summed E-state index contributed by atoms with van der Waals surface area (Å²) < 4.78 is 11.1. The van der Waals surface area contributed by atoms with Crippen molar-refractivity contribution in [1.29, 1.82) is 0 Å². The largest absolute Gasteiger partial charge is 0.394 e.